The van der Waals surface area contributed by atoms with Crippen LogP contribution in [0.4, 0.5) is 0 Å². The number of carbonyl (C=O) groups excluding carboxylic acids is 1. The molecule has 0 aromatic heterocycles. The maximum atomic E-state index is 11.7. The van der Waals surface area contributed by atoms with Crippen molar-refractivity contribution in [1.29, 1.82) is 0 Å². The lowest BCUT2D eigenvalue weighted by Gasteiger charge is -2.36. The Hall–Kier alpha value is -1.34. The standard InChI is InChI=1S/C17H31N3O4/c1-4-18-16(19-13-17(23-3)7-11-24-12-8-17)20-9-5-14(6-10-20)15(21)22-2/h14H,4-13H2,1-3H3,(H,18,19). The number of ether oxygens (including phenoxy) is 3. The normalized spacial score (nSPS) is 22.3. The molecule has 0 aliphatic carbocycles. The first kappa shape index (κ1) is 19.0. The molecule has 0 amide bonds. The van der Waals surface area contributed by atoms with Gasteiger partial charge in [-0.25, -0.2) is 0 Å². The minimum Gasteiger partial charge on any atom is -0.469 e. The molecule has 0 radical (unpaired) electrons. The van der Waals surface area contributed by atoms with Gasteiger partial charge in [0.1, 0.15) is 0 Å². The smallest absolute Gasteiger partial charge is 0.308 e. The molecule has 0 saturated carbocycles. The summed E-state index contributed by atoms with van der Waals surface area (Å²) in [6.07, 6.45) is 3.36. The summed E-state index contributed by atoms with van der Waals surface area (Å²) in [5, 5.41) is 3.36. The molecule has 7 heteroatoms. The van der Waals surface area contributed by atoms with Crippen molar-refractivity contribution in [3.63, 3.8) is 0 Å². The fraction of sp³-hybridized carbons (Fsp3) is 0.882. The number of aliphatic imine (C=N–C) groups is 1. The second-order valence-corrected chi connectivity index (χ2v) is 6.45. The van der Waals surface area contributed by atoms with Crippen molar-refractivity contribution in [2.45, 2.75) is 38.2 Å². The number of hydrogen-bond acceptors (Lipinski definition) is 5. The molecule has 0 atom stereocenters. The molecule has 2 heterocycles. The molecule has 2 rings (SSSR count). The highest BCUT2D eigenvalue weighted by molar-refractivity contribution is 5.80. The molecule has 0 bridgehead atoms. The van der Waals surface area contributed by atoms with Gasteiger partial charge in [-0.05, 0) is 19.8 Å². The molecule has 138 valence electrons. The van der Waals surface area contributed by atoms with Crippen LogP contribution in [0.2, 0.25) is 0 Å². The van der Waals surface area contributed by atoms with Gasteiger partial charge in [0, 0.05) is 52.8 Å². The molecule has 0 aromatic carbocycles. The largest absolute Gasteiger partial charge is 0.469 e. The van der Waals surface area contributed by atoms with E-state index in [1.54, 1.807) is 7.11 Å². The quantitative estimate of drug-likeness (QED) is 0.457. The Bertz CT molecular complexity index is 428. The van der Waals surface area contributed by atoms with Crippen molar-refractivity contribution < 1.29 is 19.0 Å². The van der Waals surface area contributed by atoms with Gasteiger partial charge in [-0.15, -0.1) is 0 Å². The van der Waals surface area contributed by atoms with E-state index in [1.165, 1.54) is 7.11 Å². The van der Waals surface area contributed by atoms with E-state index >= 15 is 0 Å². The Balaban J connectivity index is 1.97. The van der Waals surface area contributed by atoms with Crippen molar-refractivity contribution in [2.24, 2.45) is 10.9 Å². The van der Waals surface area contributed by atoms with Gasteiger partial charge in [0.25, 0.3) is 0 Å². The summed E-state index contributed by atoms with van der Waals surface area (Å²) in [4.78, 5) is 18.7. The topological polar surface area (TPSA) is 72.4 Å². The third-order valence-corrected chi connectivity index (χ3v) is 5.02. The molecule has 0 unspecified atom stereocenters. The fourth-order valence-corrected chi connectivity index (χ4v) is 3.31. The summed E-state index contributed by atoms with van der Waals surface area (Å²) in [5.74, 6) is 0.816. The number of carbonyl (C=O) groups is 1. The van der Waals surface area contributed by atoms with E-state index in [1.807, 2.05) is 0 Å². The number of piperidine rings is 1. The van der Waals surface area contributed by atoms with Gasteiger partial charge in [0.15, 0.2) is 5.96 Å². The zero-order valence-corrected chi connectivity index (χ0v) is 15.2. The average molecular weight is 341 g/mol. The van der Waals surface area contributed by atoms with Gasteiger partial charge in [-0.3, -0.25) is 9.79 Å². The molecule has 0 aromatic rings. The Labute approximate surface area is 144 Å². The molecule has 7 nitrogen and oxygen atoms in total. The number of hydrogen-bond donors (Lipinski definition) is 1. The zero-order valence-electron chi connectivity index (χ0n) is 15.2. The van der Waals surface area contributed by atoms with Gasteiger partial charge in [-0.1, -0.05) is 0 Å². The summed E-state index contributed by atoms with van der Waals surface area (Å²) in [6.45, 7) is 6.60. The summed E-state index contributed by atoms with van der Waals surface area (Å²) in [7, 11) is 3.22. The molecule has 1 N–H and O–H groups in total. The SMILES string of the molecule is CCNC(=NCC1(OC)CCOCC1)N1CCC(C(=O)OC)CC1. The Morgan fingerprint density at radius 3 is 2.50 bits per heavy atom. The number of guanidine groups is 1. The second kappa shape index (κ2) is 9.22. The number of nitrogens with zero attached hydrogens (tertiary/aromatic N) is 2. The minimum absolute atomic E-state index is 0.00920. The van der Waals surface area contributed by atoms with Crippen LogP contribution in [0.15, 0.2) is 4.99 Å². The predicted molar refractivity (Wildman–Crippen MR) is 92.1 cm³/mol. The van der Waals surface area contributed by atoms with Crippen molar-refractivity contribution in [1.82, 2.24) is 10.2 Å². The van der Waals surface area contributed by atoms with Crippen LogP contribution in [0.3, 0.4) is 0 Å². The monoisotopic (exact) mass is 341 g/mol. The van der Waals surface area contributed by atoms with Crippen LogP contribution >= 0.6 is 0 Å². The van der Waals surface area contributed by atoms with Crippen LogP contribution in [0.1, 0.15) is 32.6 Å². The van der Waals surface area contributed by atoms with Crippen LogP contribution in [0.25, 0.3) is 0 Å². The van der Waals surface area contributed by atoms with Crippen LogP contribution in [-0.2, 0) is 19.0 Å². The zero-order chi connectivity index (χ0) is 17.4. The van der Waals surface area contributed by atoms with Crippen LogP contribution in [0, 0.1) is 5.92 Å². The van der Waals surface area contributed by atoms with Gasteiger partial charge in [0.2, 0.25) is 0 Å². The highest BCUT2D eigenvalue weighted by Crippen LogP contribution is 2.25. The summed E-state index contributed by atoms with van der Waals surface area (Å²) < 4.78 is 16.1. The predicted octanol–water partition coefficient (Wildman–Crippen LogP) is 1.03. The van der Waals surface area contributed by atoms with E-state index < -0.39 is 0 Å². The maximum absolute atomic E-state index is 11.7. The first-order valence-electron chi connectivity index (χ1n) is 8.88. The van der Waals surface area contributed by atoms with Gasteiger partial charge in [-0.2, -0.15) is 0 Å². The van der Waals surface area contributed by atoms with Crippen molar-refractivity contribution in [3.05, 3.63) is 0 Å². The number of likely N-dealkylation sites (tertiary alicyclic amines) is 1. The fourth-order valence-electron chi connectivity index (χ4n) is 3.31. The number of rotatable bonds is 5. The molecule has 2 aliphatic heterocycles. The highest BCUT2D eigenvalue weighted by Gasteiger charge is 2.33. The van der Waals surface area contributed by atoms with Gasteiger partial charge < -0.3 is 24.4 Å². The summed E-state index contributed by atoms with van der Waals surface area (Å²) in [6, 6.07) is 0. The Morgan fingerprint density at radius 1 is 1.29 bits per heavy atom. The molecular weight excluding hydrogens is 310 g/mol. The molecule has 2 saturated heterocycles. The van der Waals surface area contributed by atoms with Crippen LogP contribution in [-0.4, -0.2) is 76.0 Å². The van der Waals surface area contributed by atoms with Crippen LogP contribution in [0.5, 0.6) is 0 Å². The maximum Gasteiger partial charge on any atom is 0.308 e. The third-order valence-electron chi connectivity index (χ3n) is 5.02. The lowest BCUT2D eigenvalue weighted by molar-refractivity contribution is -0.146. The van der Waals surface area contributed by atoms with Gasteiger partial charge >= 0.3 is 5.97 Å². The first-order chi connectivity index (χ1) is 11.6. The van der Waals surface area contributed by atoms with Gasteiger partial charge in [0.05, 0.1) is 25.2 Å². The number of methoxy groups -OCH3 is 2. The highest BCUT2D eigenvalue weighted by atomic mass is 16.5. The third kappa shape index (κ3) is 4.83. The van der Waals surface area contributed by atoms with E-state index in [-0.39, 0.29) is 17.5 Å². The number of nitrogens with one attached hydrogen (secondary N) is 1. The minimum atomic E-state index is -0.219. The lowest BCUT2D eigenvalue weighted by Crippen LogP contribution is -2.48. The summed E-state index contributed by atoms with van der Waals surface area (Å²) >= 11 is 0. The molecular formula is C17H31N3O4. The molecule has 24 heavy (non-hydrogen) atoms. The second-order valence-electron chi connectivity index (χ2n) is 6.45. The Kier molecular flexibility index (Phi) is 7.30. The van der Waals surface area contributed by atoms with E-state index in [0.29, 0.717) is 6.54 Å². The summed E-state index contributed by atoms with van der Waals surface area (Å²) in [5.41, 5.74) is -0.219. The van der Waals surface area contributed by atoms with Crippen molar-refractivity contribution >= 4 is 11.9 Å². The first-order valence-corrected chi connectivity index (χ1v) is 8.88. The lowest BCUT2D eigenvalue weighted by atomic mass is 9.94. The molecule has 2 fully saturated rings. The molecule has 2 aliphatic rings. The molecule has 0 spiro atoms. The van der Waals surface area contributed by atoms with E-state index in [9.17, 15) is 4.79 Å². The number of esters is 1. The van der Waals surface area contributed by atoms with Crippen molar-refractivity contribution in [3.8, 4) is 0 Å². The van der Waals surface area contributed by atoms with E-state index in [0.717, 1.165) is 64.5 Å². The average Bonchev–Trinajstić information content (AvgIpc) is 2.65. The van der Waals surface area contributed by atoms with Crippen molar-refractivity contribution in [2.75, 3.05) is 53.6 Å². The van der Waals surface area contributed by atoms with E-state index in [4.69, 9.17) is 19.2 Å². The van der Waals surface area contributed by atoms with E-state index in [2.05, 4.69) is 17.1 Å². The Morgan fingerprint density at radius 2 is 1.96 bits per heavy atom. The van der Waals surface area contributed by atoms with Crippen LogP contribution < -0.4 is 5.32 Å².